The van der Waals surface area contributed by atoms with Crippen molar-refractivity contribution in [1.82, 2.24) is 20.1 Å². The first-order valence-electron chi connectivity index (χ1n) is 10.4. The smallest absolute Gasteiger partial charge is 0.171 e. The molecule has 3 aliphatic rings. The molecule has 2 aliphatic carbocycles. The molecule has 1 aromatic heterocycles. The number of fused-ring (bicyclic) bond motifs is 3. The van der Waals surface area contributed by atoms with Crippen LogP contribution in [0.5, 0.6) is 0 Å². The van der Waals surface area contributed by atoms with E-state index in [0.717, 1.165) is 52.8 Å². The van der Waals surface area contributed by atoms with Crippen LogP contribution >= 0.6 is 12.2 Å². The van der Waals surface area contributed by atoms with Gasteiger partial charge in [0.05, 0.1) is 0 Å². The standard InChI is InChI=1S/C21H27N5S/c27-21(23-18-12-14-8-9-15(18)11-14)22-17-6-4-5-16(13-17)20-25-24-19-7-2-1-3-10-26(19)20/h4-6,13-15,18H,1-3,7-12H2,(H2,22,23,27)/t14-,15-,18+/m0/s1. The highest BCUT2D eigenvalue weighted by atomic mass is 32.1. The van der Waals surface area contributed by atoms with Gasteiger partial charge in [0.25, 0.3) is 0 Å². The van der Waals surface area contributed by atoms with Gasteiger partial charge < -0.3 is 15.2 Å². The number of aromatic nitrogens is 3. The quantitative estimate of drug-likeness (QED) is 0.783. The molecule has 1 aliphatic heterocycles. The number of thiocarbonyl (C=S) groups is 1. The highest BCUT2D eigenvalue weighted by Crippen LogP contribution is 2.44. The van der Waals surface area contributed by atoms with Gasteiger partial charge >= 0.3 is 0 Å². The van der Waals surface area contributed by atoms with Crippen LogP contribution in [0.15, 0.2) is 24.3 Å². The Morgan fingerprint density at radius 3 is 2.93 bits per heavy atom. The van der Waals surface area contributed by atoms with Crippen molar-refractivity contribution in [1.29, 1.82) is 0 Å². The first-order chi connectivity index (χ1) is 13.3. The summed E-state index contributed by atoms with van der Waals surface area (Å²) >= 11 is 5.59. The van der Waals surface area contributed by atoms with E-state index in [-0.39, 0.29) is 0 Å². The molecule has 5 nitrogen and oxygen atoms in total. The molecule has 3 atom stereocenters. The maximum atomic E-state index is 5.59. The first kappa shape index (κ1) is 17.2. The summed E-state index contributed by atoms with van der Waals surface area (Å²) in [5.41, 5.74) is 2.11. The zero-order chi connectivity index (χ0) is 18.2. The molecule has 27 heavy (non-hydrogen) atoms. The number of nitrogens with one attached hydrogen (secondary N) is 2. The van der Waals surface area contributed by atoms with Crippen LogP contribution in [0.2, 0.25) is 0 Å². The predicted octanol–water partition coefficient (Wildman–Crippen LogP) is 4.15. The van der Waals surface area contributed by atoms with Crippen LogP contribution in [-0.4, -0.2) is 25.9 Å². The zero-order valence-corrected chi connectivity index (χ0v) is 16.5. The summed E-state index contributed by atoms with van der Waals surface area (Å²) in [6, 6.07) is 8.93. The molecule has 0 amide bonds. The number of aryl methyl sites for hydroxylation is 1. The van der Waals surface area contributed by atoms with Gasteiger partial charge in [0.2, 0.25) is 0 Å². The Bertz CT molecular complexity index is 845. The molecule has 2 heterocycles. The molecule has 2 N–H and O–H groups in total. The van der Waals surface area contributed by atoms with Crippen molar-refractivity contribution < 1.29 is 0 Å². The summed E-state index contributed by atoms with van der Waals surface area (Å²) < 4.78 is 2.29. The fraction of sp³-hybridized carbons (Fsp3) is 0.571. The van der Waals surface area contributed by atoms with Crippen molar-refractivity contribution in [3.8, 4) is 11.4 Å². The second kappa shape index (κ2) is 7.23. The Kier molecular flexibility index (Phi) is 4.60. The molecule has 0 saturated heterocycles. The summed E-state index contributed by atoms with van der Waals surface area (Å²) in [5, 5.41) is 16.6. The molecular weight excluding hydrogens is 354 g/mol. The minimum Gasteiger partial charge on any atom is -0.359 e. The minimum atomic E-state index is 0.555. The van der Waals surface area contributed by atoms with Crippen LogP contribution in [0.1, 0.15) is 50.8 Å². The van der Waals surface area contributed by atoms with Crippen molar-refractivity contribution in [2.75, 3.05) is 5.32 Å². The molecule has 142 valence electrons. The molecule has 0 radical (unpaired) electrons. The van der Waals surface area contributed by atoms with Crippen molar-refractivity contribution >= 4 is 23.0 Å². The normalized spacial score (nSPS) is 26.4. The SMILES string of the molecule is S=C(Nc1cccc(-c2nnc3n2CCCCC3)c1)N[C@@H]1C[C@H]2CC[C@H]1C2. The van der Waals surface area contributed by atoms with Crippen LogP contribution in [-0.2, 0) is 13.0 Å². The second-order valence-electron chi connectivity index (χ2n) is 8.36. The van der Waals surface area contributed by atoms with E-state index in [4.69, 9.17) is 12.2 Å². The van der Waals surface area contributed by atoms with E-state index in [1.54, 1.807) is 0 Å². The van der Waals surface area contributed by atoms with Crippen molar-refractivity contribution in [3.05, 3.63) is 30.1 Å². The Morgan fingerprint density at radius 1 is 1.11 bits per heavy atom. The first-order valence-corrected chi connectivity index (χ1v) is 10.8. The maximum absolute atomic E-state index is 5.59. The van der Waals surface area contributed by atoms with Gasteiger partial charge in [0.1, 0.15) is 5.82 Å². The van der Waals surface area contributed by atoms with E-state index >= 15 is 0 Å². The van der Waals surface area contributed by atoms with Crippen LogP contribution in [0.25, 0.3) is 11.4 Å². The molecule has 1 aromatic carbocycles. The number of nitrogens with zero attached hydrogens (tertiary/aromatic N) is 3. The van der Waals surface area contributed by atoms with E-state index in [1.165, 1.54) is 44.9 Å². The minimum absolute atomic E-state index is 0.555. The number of hydrogen-bond acceptors (Lipinski definition) is 3. The summed E-state index contributed by atoms with van der Waals surface area (Å²) in [6.45, 7) is 1.01. The van der Waals surface area contributed by atoms with E-state index in [9.17, 15) is 0 Å². The molecule has 2 saturated carbocycles. The number of rotatable bonds is 3. The summed E-state index contributed by atoms with van der Waals surface area (Å²) in [6.07, 6.45) is 10.1. The summed E-state index contributed by atoms with van der Waals surface area (Å²) in [7, 11) is 0. The molecule has 2 bridgehead atoms. The van der Waals surface area contributed by atoms with Gasteiger partial charge in [-0.05, 0) is 68.3 Å². The second-order valence-corrected chi connectivity index (χ2v) is 8.77. The van der Waals surface area contributed by atoms with Gasteiger partial charge in [-0.15, -0.1) is 10.2 Å². The zero-order valence-electron chi connectivity index (χ0n) is 15.7. The van der Waals surface area contributed by atoms with Crippen molar-refractivity contribution in [2.24, 2.45) is 11.8 Å². The Balaban J connectivity index is 1.29. The molecule has 0 unspecified atom stereocenters. The van der Waals surface area contributed by atoms with E-state index < -0.39 is 0 Å². The lowest BCUT2D eigenvalue weighted by atomic mass is 9.96. The van der Waals surface area contributed by atoms with Crippen LogP contribution in [0.3, 0.4) is 0 Å². The average molecular weight is 382 g/mol. The Morgan fingerprint density at radius 2 is 2.07 bits per heavy atom. The van der Waals surface area contributed by atoms with Crippen LogP contribution < -0.4 is 10.6 Å². The summed E-state index contributed by atoms with van der Waals surface area (Å²) in [4.78, 5) is 0. The van der Waals surface area contributed by atoms with Gasteiger partial charge in [0.15, 0.2) is 10.9 Å². The molecular formula is C21H27N5S. The third kappa shape index (κ3) is 3.47. The number of benzene rings is 1. The number of hydrogen-bond donors (Lipinski definition) is 2. The van der Waals surface area contributed by atoms with Crippen LogP contribution in [0.4, 0.5) is 5.69 Å². The van der Waals surface area contributed by atoms with E-state index in [2.05, 4.69) is 49.7 Å². The lowest BCUT2D eigenvalue weighted by Crippen LogP contribution is -2.40. The van der Waals surface area contributed by atoms with E-state index in [1.807, 2.05) is 0 Å². The van der Waals surface area contributed by atoms with E-state index in [0.29, 0.717) is 6.04 Å². The highest BCUT2D eigenvalue weighted by molar-refractivity contribution is 7.80. The third-order valence-electron chi connectivity index (χ3n) is 6.54. The third-order valence-corrected chi connectivity index (χ3v) is 6.76. The monoisotopic (exact) mass is 381 g/mol. The van der Waals surface area contributed by atoms with Gasteiger partial charge in [0, 0.05) is 30.3 Å². The number of anilines is 1. The highest BCUT2D eigenvalue weighted by Gasteiger charge is 2.39. The van der Waals surface area contributed by atoms with Crippen molar-refractivity contribution in [2.45, 2.75) is 64.0 Å². The lowest BCUT2D eigenvalue weighted by Gasteiger charge is -2.24. The van der Waals surface area contributed by atoms with Gasteiger partial charge in [-0.25, -0.2) is 0 Å². The Labute approximate surface area is 166 Å². The largest absolute Gasteiger partial charge is 0.359 e. The predicted molar refractivity (Wildman–Crippen MR) is 112 cm³/mol. The van der Waals surface area contributed by atoms with Crippen molar-refractivity contribution in [3.63, 3.8) is 0 Å². The molecule has 5 rings (SSSR count). The lowest BCUT2D eigenvalue weighted by molar-refractivity contribution is 0.392. The maximum Gasteiger partial charge on any atom is 0.171 e. The molecule has 2 fully saturated rings. The molecule has 2 aromatic rings. The average Bonchev–Trinajstić information content (AvgIpc) is 3.34. The summed E-state index contributed by atoms with van der Waals surface area (Å²) in [5.74, 6) is 3.83. The van der Waals surface area contributed by atoms with Gasteiger partial charge in [-0.1, -0.05) is 25.0 Å². The fourth-order valence-electron chi connectivity index (χ4n) is 5.19. The molecule has 0 spiro atoms. The van der Waals surface area contributed by atoms with Gasteiger partial charge in [-0.3, -0.25) is 0 Å². The Hall–Kier alpha value is -1.95. The fourth-order valence-corrected chi connectivity index (χ4v) is 5.46. The molecule has 6 heteroatoms. The van der Waals surface area contributed by atoms with Crippen LogP contribution in [0, 0.1) is 11.8 Å². The topological polar surface area (TPSA) is 54.8 Å². The van der Waals surface area contributed by atoms with Gasteiger partial charge in [-0.2, -0.15) is 0 Å².